The van der Waals surface area contributed by atoms with Crippen LogP contribution < -0.4 is 10.1 Å². The first-order valence-corrected chi connectivity index (χ1v) is 7.16. The lowest BCUT2D eigenvalue weighted by Crippen LogP contribution is -2.29. The second-order valence-corrected chi connectivity index (χ2v) is 6.13. The summed E-state index contributed by atoms with van der Waals surface area (Å²) in [5.74, 6) is 1.39. The third kappa shape index (κ3) is 1.91. The van der Waals surface area contributed by atoms with E-state index >= 15 is 0 Å². The number of ether oxygens (including phenoxy) is 1. The Balaban J connectivity index is 1.96. The molecule has 0 radical (unpaired) electrons. The van der Waals surface area contributed by atoms with Crippen LogP contribution in [0.15, 0.2) is 12.1 Å². The van der Waals surface area contributed by atoms with Crippen LogP contribution in [0, 0.1) is 5.41 Å². The van der Waals surface area contributed by atoms with Crippen molar-refractivity contribution in [3.8, 4) is 5.75 Å². The Kier molecular flexibility index (Phi) is 3.21. The van der Waals surface area contributed by atoms with E-state index in [0.29, 0.717) is 21.4 Å². The number of hydrogen-bond acceptors (Lipinski definition) is 2. The van der Waals surface area contributed by atoms with Crippen LogP contribution in [-0.4, -0.2) is 20.2 Å². The number of nitrogens with one attached hydrogen (secondary N) is 1. The van der Waals surface area contributed by atoms with Crippen LogP contribution in [0.1, 0.15) is 30.7 Å². The molecule has 18 heavy (non-hydrogen) atoms. The van der Waals surface area contributed by atoms with E-state index in [9.17, 15) is 0 Å². The van der Waals surface area contributed by atoms with Crippen molar-refractivity contribution < 1.29 is 4.74 Å². The lowest BCUT2D eigenvalue weighted by molar-refractivity contribution is 0.338. The van der Waals surface area contributed by atoms with Crippen molar-refractivity contribution in [2.45, 2.75) is 25.2 Å². The highest BCUT2D eigenvalue weighted by Gasteiger charge is 2.56. The number of rotatable bonds is 2. The Hall–Kier alpha value is -0.440. The fourth-order valence-corrected chi connectivity index (χ4v) is 3.74. The normalized spacial score (nSPS) is 25.2. The number of methoxy groups -OCH3 is 1. The molecule has 0 aromatic heterocycles. The smallest absolute Gasteiger partial charge is 0.123 e. The minimum atomic E-state index is 0.437. The van der Waals surface area contributed by atoms with Gasteiger partial charge in [-0.15, -0.1) is 0 Å². The van der Waals surface area contributed by atoms with Gasteiger partial charge in [-0.25, -0.2) is 0 Å². The maximum Gasteiger partial charge on any atom is 0.123 e. The molecule has 4 heteroatoms. The summed E-state index contributed by atoms with van der Waals surface area (Å²) in [4.78, 5) is 0. The van der Waals surface area contributed by atoms with Crippen molar-refractivity contribution in [1.29, 1.82) is 0 Å². The summed E-state index contributed by atoms with van der Waals surface area (Å²) < 4.78 is 5.46. The average Bonchev–Trinajstić information content (AvgIpc) is 3.06. The van der Waals surface area contributed by atoms with E-state index in [4.69, 9.17) is 27.9 Å². The summed E-state index contributed by atoms with van der Waals surface area (Å²) in [6.45, 7) is 2.22. The number of hydrogen-bond donors (Lipinski definition) is 1. The van der Waals surface area contributed by atoms with E-state index in [1.54, 1.807) is 7.11 Å². The Labute approximate surface area is 118 Å². The standard InChI is InChI=1S/C14H17Cl2NO/c1-18-11-3-2-10(15)13(16)12(11)9-8-14(9)4-6-17-7-5-14/h2-3,9,17H,4-8H2,1H3. The lowest BCUT2D eigenvalue weighted by Gasteiger charge is -2.24. The van der Waals surface area contributed by atoms with Crippen LogP contribution in [0.25, 0.3) is 0 Å². The van der Waals surface area contributed by atoms with E-state index < -0.39 is 0 Å². The second-order valence-electron chi connectivity index (χ2n) is 5.35. The molecule has 1 aliphatic carbocycles. The summed E-state index contributed by atoms with van der Waals surface area (Å²) >= 11 is 12.5. The summed E-state index contributed by atoms with van der Waals surface area (Å²) in [6.07, 6.45) is 3.67. The number of benzene rings is 1. The summed E-state index contributed by atoms with van der Waals surface area (Å²) in [7, 11) is 1.69. The van der Waals surface area contributed by atoms with Crippen molar-refractivity contribution in [2.75, 3.05) is 20.2 Å². The maximum atomic E-state index is 6.39. The molecule has 2 nitrogen and oxygen atoms in total. The quantitative estimate of drug-likeness (QED) is 0.891. The third-order valence-electron chi connectivity index (χ3n) is 4.45. The van der Waals surface area contributed by atoms with Gasteiger partial charge in [-0.3, -0.25) is 0 Å². The van der Waals surface area contributed by atoms with E-state index in [1.807, 2.05) is 12.1 Å². The molecule has 3 rings (SSSR count). The zero-order valence-electron chi connectivity index (χ0n) is 10.4. The third-order valence-corrected chi connectivity index (χ3v) is 5.27. The fraction of sp³-hybridized carbons (Fsp3) is 0.571. The zero-order valence-corrected chi connectivity index (χ0v) is 11.9. The Morgan fingerprint density at radius 1 is 1.28 bits per heavy atom. The first-order valence-electron chi connectivity index (χ1n) is 6.40. The van der Waals surface area contributed by atoms with Crippen LogP contribution in [0.3, 0.4) is 0 Å². The van der Waals surface area contributed by atoms with Gasteiger partial charge in [-0.05, 0) is 55.8 Å². The Bertz CT molecular complexity index is 469. The molecule has 1 N–H and O–H groups in total. The predicted molar refractivity (Wildman–Crippen MR) is 74.9 cm³/mol. The molecule has 1 heterocycles. The van der Waals surface area contributed by atoms with Crippen molar-refractivity contribution >= 4 is 23.2 Å². The van der Waals surface area contributed by atoms with E-state index in [1.165, 1.54) is 19.3 Å². The number of halogens is 2. The van der Waals surface area contributed by atoms with E-state index in [-0.39, 0.29) is 0 Å². The molecular formula is C14H17Cl2NO. The molecule has 98 valence electrons. The predicted octanol–water partition coefficient (Wildman–Crippen LogP) is 3.86. The summed E-state index contributed by atoms with van der Waals surface area (Å²) in [5, 5.41) is 4.72. The van der Waals surface area contributed by atoms with Gasteiger partial charge in [-0.1, -0.05) is 23.2 Å². The van der Waals surface area contributed by atoms with Crippen LogP contribution in [0.2, 0.25) is 10.0 Å². The monoisotopic (exact) mass is 285 g/mol. The highest BCUT2D eigenvalue weighted by molar-refractivity contribution is 6.42. The largest absolute Gasteiger partial charge is 0.496 e. The van der Waals surface area contributed by atoms with Gasteiger partial charge in [0, 0.05) is 5.56 Å². The van der Waals surface area contributed by atoms with Crippen molar-refractivity contribution in [1.82, 2.24) is 5.32 Å². The first-order chi connectivity index (χ1) is 8.68. The minimum Gasteiger partial charge on any atom is -0.496 e. The van der Waals surface area contributed by atoms with Gasteiger partial charge >= 0.3 is 0 Å². The maximum absolute atomic E-state index is 6.39. The molecule has 1 spiro atoms. The molecule has 1 aromatic carbocycles. The zero-order chi connectivity index (χ0) is 12.8. The minimum absolute atomic E-state index is 0.437. The average molecular weight is 286 g/mol. The molecule has 1 aliphatic heterocycles. The highest BCUT2D eigenvalue weighted by Crippen LogP contribution is 2.67. The van der Waals surface area contributed by atoms with Gasteiger partial charge in [0.25, 0.3) is 0 Å². The van der Waals surface area contributed by atoms with E-state index in [0.717, 1.165) is 24.4 Å². The lowest BCUT2D eigenvalue weighted by atomic mass is 9.89. The van der Waals surface area contributed by atoms with Crippen LogP contribution in [0.4, 0.5) is 0 Å². The van der Waals surface area contributed by atoms with Gasteiger partial charge < -0.3 is 10.1 Å². The van der Waals surface area contributed by atoms with Gasteiger partial charge in [0.05, 0.1) is 17.2 Å². The molecule has 1 atom stereocenters. The molecule has 0 bridgehead atoms. The summed E-state index contributed by atoms with van der Waals surface area (Å²) in [6, 6.07) is 3.74. The van der Waals surface area contributed by atoms with Gasteiger partial charge in [0.1, 0.15) is 5.75 Å². The van der Waals surface area contributed by atoms with Crippen molar-refractivity contribution in [3.63, 3.8) is 0 Å². The Morgan fingerprint density at radius 3 is 2.67 bits per heavy atom. The Morgan fingerprint density at radius 2 is 2.00 bits per heavy atom. The van der Waals surface area contributed by atoms with Gasteiger partial charge in [-0.2, -0.15) is 0 Å². The van der Waals surface area contributed by atoms with E-state index in [2.05, 4.69) is 5.32 Å². The molecule has 1 saturated carbocycles. The van der Waals surface area contributed by atoms with Crippen LogP contribution >= 0.6 is 23.2 Å². The molecule has 1 saturated heterocycles. The molecular weight excluding hydrogens is 269 g/mol. The SMILES string of the molecule is COc1ccc(Cl)c(Cl)c1C1CC12CCNCC2. The molecule has 2 aliphatic rings. The van der Waals surface area contributed by atoms with Crippen molar-refractivity contribution in [3.05, 3.63) is 27.7 Å². The highest BCUT2D eigenvalue weighted by atomic mass is 35.5. The fourth-order valence-electron chi connectivity index (χ4n) is 3.28. The van der Waals surface area contributed by atoms with Gasteiger partial charge in [0.15, 0.2) is 0 Å². The number of piperidine rings is 1. The van der Waals surface area contributed by atoms with Crippen LogP contribution in [-0.2, 0) is 0 Å². The topological polar surface area (TPSA) is 21.3 Å². The molecule has 1 aromatic rings. The second kappa shape index (κ2) is 4.59. The van der Waals surface area contributed by atoms with Gasteiger partial charge in [0.2, 0.25) is 0 Å². The molecule has 1 unspecified atom stereocenters. The summed E-state index contributed by atoms with van der Waals surface area (Å²) in [5.41, 5.74) is 1.56. The van der Waals surface area contributed by atoms with Crippen molar-refractivity contribution in [2.24, 2.45) is 5.41 Å². The first kappa shape index (κ1) is 12.6. The van der Waals surface area contributed by atoms with Crippen LogP contribution in [0.5, 0.6) is 5.75 Å². The molecule has 2 fully saturated rings. The molecule has 0 amide bonds.